The van der Waals surface area contributed by atoms with E-state index in [0.29, 0.717) is 28.8 Å². The number of hydrogen-bond acceptors (Lipinski definition) is 3. The van der Waals surface area contributed by atoms with Crippen LogP contribution in [-0.2, 0) is 0 Å². The first-order valence-corrected chi connectivity index (χ1v) is 8.72. The highest BCUT2D eigenvalue weighted by atomic mass is 35.5. The van der Waals surface area contributed by atoms with Crippen LogP contribution in [0.25, 0.3) is 0 Å². The number of nitrogens with zero attached hydrogens (tertiary/aromatic N) is 2. The molecule has 1 aliphatic rings. The number of amides is 2. The summed E-state index contributed by atoms with van der Waals surface area (Å²) >= 11 is 11.9. The molecule has 2 aromatic carbocycles. The van der Waals surface area contributed by atoms with Crippen LogP contribution < -0.4 is 15.0 Å². The molecule has 5 nitrogen and oxygen atoms in total. The smallest absolute Gasteiger partial charge is 0.321 e. The highest BCUT2D eigenvalue weighted by Crippen LogP contribution is 2.26. The average Bonchev–Trinajstić information content (AvgIpc) is 2.65. The Hall–Kier alpha value is -2.11. The number of ether oxygens (including phenoxy) is 1. The third-order valence-corrected chi connectivity index (χ3v) is 4.90. The number of nitrogens with one attached hydrogen (secondary N) is 1. The third kappa shape index (κ3) is 4.30. The first kappa shape index (κ1) is 17.7. The lowest BCUT2D eigenvalue weighted by Gasteiger charge is -2.36. The zero-order chi connectivity index (χ0) is 17.8. The summed E-state index contributed by atoms with van der Waals surface area (Å²) < 4.78 is 5.27. The molecule has 3 rings (SSSR count). The number of anilines is 2. The second-order valence-electron chi connectivity index (χ2n) is 5.73. The Morgan fingerprint density at radius 2 is 1.80 bits per heavy atom. The molecule has 7 heteroatoms. The molecule has 132 valence electrons. The average molecular weight is 380 g/mol. The molecule has 1 fully saturated rings. The quantitative estimate of drug-likeness (QED) is 0.861. The summed E-state index contributed by atoms with van der Waals surface area (Å²) in [5.41, 5.74) is 1.73. The van der Waals surface area contributed by atoms with Crippen LogP contribution in [0, 0.1) is 0 Å². The van der Waals surface area contributed by atoms with Crippen molar-refractivity contribution in [2.45, 2.75) is 0 Å². The first-order chi connectivity index (χ1) is 12.1. The lowest BCUT2D eigenvalue weighted by molar-refractivity contribution is 0.208. The van der Waals surface area contributed by atoms with Crippen molar-refractivity contribution < 1.29 is 9.53 Å². The van der Waals surface area contributed by atoms with Crippen LogP contribution in [-0.4, -0.2) is 44.2 Å². The highest BCUT2D eigenvalue weighted by molar-refractivity contribution is 6.42. The number of rotatable bonds is 3. The Kier molecular flexibility index (Phi) is 5.56. The summed E-state index contributed by atoms with van der Waals surface area (Å²) in [6.07, 6.45) is 0. The zero-order valence-corrected chi connectivity index (χ0v) is 15.3. The molecule has 0 aromatic heterocycles. The van der Waals surface area contributed by atoms with Crippen molar-refractivity contribution in [3.8, 4) is 5.75 Å². The fourth-order valence-electron chi connectivity index (χ4n) is 2.75. The number of piperazine rings is 1. The minimum Gasteiger partial charge on any atom is -0.497 e. The lowest BCUT2D eigenvalue weighted by Crippen LogP contribution is -2.50. The standard InChI is InChI=1S/C18H19Cl2N3O2/c1-25-15-4-2-3-14(12-15)22-7-9-23(10-8-22)18(24)21-13-5-6-16(19)17(20)11-13/h2-6,11-12H,7-10H2,1H3,(H,21,24). The van der Waals surface area contributed by atoms with E-state index < -0.39 is 0 Å². The number of urea groups is 1. The van der Waals surface area contributed by atoms with Gasteiger partial charge in [-0.3, -0.25) is 0 Å². The Bertz CT molecular complexity index is 762. The van der Waals surface area contributed by atoms with E-state index in [9.17, 15) is 4.79 Å². The molecule has 0 aliphatic carbocycles. The molecule has 1 aliphatic heterocycles. The Morgan fingerprint density at radius 3 is 2.48 bits per heavy atom. The predicted octanol–water partition coefficient (Wildman–Crippen LogP) is 4.36. The molecular formula is C18H19Cl2N3O2. The summed E-state index contributed by atoms with van der Waals surface area (Å²) in [4.78, 5) is 16.4. The molecular weight excluding hydrogens is 361 g/mol. The van der Waals surface area contributed by atoms with Gasteiger partial charge < -0.3 is 19.9 Å². The van der Waals surface area contributed by atoms with Gasteiger partial charge in [0, 0.05) is 43.6 Å². The first-order valence-electron chi connectivity index (χ1n) is 7.97. The fraction of sp³-hybridized carbons (Fsp3) is 0.278. The monoisotopic (exact) mass is 379 g/mol. The number of carbonyl (C=O) groups is 1. The molecule has 0 radical (unpaired) electrons. The SMILES string of the molecule is COc1cccc(N2CCN(C(=O)Nc3ccc(Cl)c(Cl)c3)CC2)c1. The number of halogens is 2. The number of benzene rings is 2. The molecule has 0 spiro atoms. The van der Waals surface area contributed by atoms with E-state index >= 15 is 0 Å². The minimum atomic E-state index is -0.135. The summed E-state index contributed by atoms with van der Waals surface area (Å²) in [5, 5.41) is 3.74. The lowest BCUT2D eigenvalue weighted by atomic mass is 10.2. The normalized spacial score (nSPS) is 14.4. The molecule has 25 heavy (non-hydrogen) atoms. The van der Waals surface area contributed by atoms with Crippen LogP contribution in [0.1, 0.15) is 0 Å². The number of carbonyl (C=O) groups excluding carboxylic acids is 1. The second-order valence-corrected chi connectivity index (χ2v) is 6.55. The van der Waals surface area contributed by atoms with E-state index in [4.69, 9.17) is 27.9 Å². The highest BCUT2D eigenvalue weighted by Gasteiger charge is 2.21. The van der Waals surface area contributed by atoms with Crippen LogP contribution in [0.2, 0.25) is 10.0 Å². The molecule has 1 saturated heterocycles. The van der Waals surface area contributed by atoms with Gasteiger partial charge in [0.2, 0.25) is 0 Å². The maximum Gasteiger partial charge on any atom is 0.321 e. The van der Waals surface area contributed by atoms with Crippen molar-refractivity contribution >= 4 is 40.6 Å². The van der Waals surface area contributed by atoms with Crippen LogP contribution in [0.4, 0.5) is 16.2 Å². The topological polar surface area (TPSA) is 44.8 Å². The van der Waals surface area contributed by atoms with Crippen molar-refractivity contribution in [1.82, 2.24) is 4.90 Å². The minimum absolute atomic E-state index is 0.135. The van der Waals surface area contributed by atoms with Crippen LogP contribution in [0.5, 0.6) is 5.75 Å². The van der Waals surface area contributed by atoms with Crippen molar-refractivity contribution in [2.24, 2.45) is 0 Å². The van der Waals surface area contributed by atoms with E-state index in [-0.39, 0.29) is 6.03 Å². The van der Waals surface area contributed by atoms with E-state index in [1.54, 1.807) is 30.2 Å². The van der Waals surface area contributed by atoms with Gasteiger partial charge in [0.15, 0.2) is 0 Å². The van der Waals surface area contributed by atoms with Gasteiger partial charge in [-0.25, -0.2) is 4.79 Å². The summed E-state index contributed by atoms with van der Waals surface area (Å²) in [6, 6.07) is 12.9. The molecule has 2 aromatic rings. The van der Waals surface area contributed by atoms with Gasteiger partial charge in [-0.15, -0.1) is 0 Å². The van der Waals surface area contributed by atoms with Crippen molar-refractivity contribution in [3.05, 3.63) is 52.5 Å². The van der Waals surface area contributed by atoms with Crippen molar-refractivity contribution in [3.63, 3.8) is 0 Å². The zero-order valence-electron chi connectivity index (χ0n) is 13.8. The van der Waals surface area contributed by atoms with Gasteiger partial charge >= 0.3 is 6.03 Å². The molecule has 1 heterocycles. The van der Waals surface area contributed by atoms with Gasteiger partial charge in [0.05, 0.1) is 17.2 Å². The second kappa shape index (κ2) is 7.85. The molecule has 2 amide bonds. The van der Waals surface area contributed by atoms with Crippen molar-refractivity contribution in [1.29, 1.82) is 0 Å². The molecule has 0 saturated carbocycles. The van der Waals surface area contributed by atoms with Gasteiger partial charge in [0.1, 0.15) is 5.75 Å². The van der Waals surface area contributed by atoms with Gasteiger partial charge in [-0.1, -0.05) is 29.3 Å². The molecule has 0 unspecified atom stereocenters. The van der Waals surface area contributed by atoms with E-state index in [1.807, 2.05) is 24.3 Å². The maximum absolute atomic E-state index is 12.4. The summed E-state index contributed by atoms with van der Waals surface area (Å²) in [7, 11) is 1.66. The molecule has 1 N–H and O–H groups in total. The summed E-state index contributed by atoms with van der Waals surface area (Å²) in [5.74, 6) is 0.831. The van der Waals surface area contributed by atoms with E-state index in [1.165, 1.54) is 0 Å². The maximum atomic E-state index is 12.4. The van der Waals surface area contributed by atoms with E-state index in [2.05, 4.69) is 10.2 Å². The number of methoxy groups -OCH3 is 1. The van der Waals surface area contributed by atoms with Crippen LogP contribution in [0.3, 0.4) is 0 Å². The van der Waals surface area contributed by atoms with Crippen LogP contribution >= 0.6 is 23.2 Å². The summed E-state index contributed by atoms with van der Waals surface area (Å²) in [6.45, 7) is 2.82. The Balaban J connectivity index is 1.57. The van der Waals surface area contributed by atoms with Crippen LogP contribution in [0.15, 0.2) is 42.5 Å². The largest absolute Gasteiger partial charge is 0.497 e. The van der Waals surface area contributed by atoms with Gasteiger partial charge in [-0.2, -0.15) is 0 Å². The fourth-order valence-corrected chi connectivity index (χ4v) is 3.05. The Labute approximate surface area is 157 Å². The Morgan fingerprint density at radius 1 is 1.04 bits per heavy atom. The van der Waals surface area contributed by atoms with Crippen molar-refractivity contribution in [2.75, 3.05) is 43.5 Å². The predicted molar refractivity (Wildman–Crippen MR) is 102 cm³/mol. The van der Waals surface area contributed by atoms with Gasteiger partial charge in [0.25, 0.3) is 0 Å². The van der Waals surface area contributed by atoms with E-state index in [0.717, 1.165) is 24.5 Å². The molecule has 0 bridgehead atoms. The molecule has 0 atom stereocenters. The number of hydrogen-bond donors (Lipinski definition) is 1. The third-order valence-electron chi connectivity index (χ3n) is 4.16. The van der Waals surface area contributed by atoms with Gasteiger partial charge in [-0.05, 0) is 30.3 Å².